The molecular weight excluding hydrogens is 376 g/mol. The van der Waals surface area contributed by atoms with Gasteiger partial charge in [0, 0.05) is 16.8 Å². The lowest BCUT2D eigenvalue weighted by atomic mass is 9.95. The van der Waals surface area contributed by atoms with E-state index in [1.54, 1.807) is 66.9 Å². The number of carbonyl (C=O) groups is 2. The minimum atomic E-state index is -0.790. The first-order valence-corrected chi connectivity index (χ1v) is 8.97. The van der Waals surface area contributed by atoms with E-state index in [4.69, 9.17) is 11.6 Å². The first-order valence-electron chi connectivity index (χ1n) is 8.60. The van der Waals surface area contributed by atoms with Crippen molar-refractivity contribution in [2.45, 2.75) is 6.04 Å². The van der Waals surface area contributed by atoms with Crippen LogP contribution in [0.4, 0.5) is 5.69 Å². The molecule has 6 heteroatoms. The topological polar surface area (TPSA) is 70.5 Å². The number of anilines is 1. The van der Waals surface area contributed by atoms with Crippen LogP contribution in [-0.2, 0) is 9.59 Å². The number of rotatable bonds is 3. The molecule has 3 aromatic rings. The molecule has 4 rings (SSSR count). The average Bonchev–Trinajstić information content (AvgIpc) is 3.00. The van der Waals surface area contributed by atoms with Gasteiger partial charge >= 0.3 is 0 Å². The number of pyridine rings is 1. The molecule has 0 spiro atoms. The molecule has 1 fully saturated rings. The molecule has 0 saturated carbocycles. The normalized spacial score (nSPS) is 18.5. The zero-order chi connectivity index (χ0) is 19.7. The molecule has 2 heterocycles. The highest BCUT2D eigenvalue weighted by molar-refractivity contribution is 6.51. The lowest BCUT2D eigenvalue weighted by Crippen LogP contribution is -2.29. The van der Waals surface area contributed by atoms with Crippen molar-refractivity contribution in [2.24, 2.45) is 0 Å². The Balaban J connectivity index is 1.95. The standard InChI is InChI=1S/C22H15ClN2O3/c23-16-10-8-14(9-11-16)19-18(20(26)15-5-2-1-3-6-15)21(27)22(28)25(19)17-7-4-12-24-13-17/h1-13,19,26H/b20-18+/t19-/m0/s1. The van der Waals surface area contributed by atoms with Crippen LogP contribution in [-0.4, -0.2) is 21.8 Å². The Kier molecular flexibility index (Phi) is 4.67. The summed E-state index contributed by atoms with van der Waals surface area (Å²) in [6, 6.07) is 18.1. The molecule has 1 saturated heterocycles. The van der Waals surface area contributed by atoms with Crippen molar-refractivity contribution >= 4 is 34.7 Å². The number of Topliss-reactive ketones (excluding diaryl/α,β-unsaturated/α-hetero) is 1. The van der Waals surface area contributed by atoms with E-state index in [9.17, 15) is 14.7 Å². The second kappa shape index (κ2) is 7.29. The minimum absolute atomic E-state index is 0.0300. The van der Waals surface area contributed by atoms with Crippen LogP contribution in [0.15, 0.2) is 84.7 Å². The second-order valence-corrected chi connectivity index (χ2v) is 6.73. The zero-order valence-corrected chi connectivity index (χ0v) is 15.4. The molecule has 0 unspecified atom stereocenters. The minimum Gasteiger partial charge on any atom is -0.507 e. The van der Waals surface area contributed by atoms with Gasteiger partial charge in [0.05, 0.1) is 23.5 Å². The van der Waals surface area contributed by atoms with Crippen LogP contribution >= 0.6 is 11.6 Å². The van der Waals surface area contributed by atoms with Crippen molar-refractivity contribution in [3.63, 3.8) is 0 Å². The third kappa shape index (κ3) is 3.06. The molecular formula is C22H15ClN2O3. The number of benzene rings is 2. The SMILES string of the molecule is O=C1C(=O)N(c2cccnc2)[C@@H](c2ccc(Cl)cc2)/C1=C(\O)c1ccccc1. The monoisotopic (exact) mass is 390 g/mol. The second-order valence-electron chi connectivity index (χ2n) is 6.30. The summed E-state index contributed by atoms with van der Waals surface area (Å²) < 4.78 is 0. The van der Waals surface area contributed by atoms with E-state index in [0.29, 0.717) is 21.8 Å². The highest BCUT2D eigenvalue weighted by Gasteiger charge is 2.47. The number of halogens is 1. The van der Waals surface area contributed by atoms with Gasteiger partial charge in [0.25, 0.3) is 11.7 Å². The maximum Gasteiger partial charge on any atom is 0.300 e. The largest absolute Gasteiger partial charge is 0.507 e. The molecule has 1 aliphatic rings. The van der Waals surface area contributed by atoms with Crippen LogP contribution in [0, 0.1) is 0 Å². The fraction of sp³-hybridized carbons (Fsp3) is 0.0455. The van der Waals surface area contributed by atoms with Crippen molar-refractivity contribution in [3.05, 3.63) is 101 Å². The molecule has 0 aliphatic carbocycles. The van der Waals surface area contributed by atoms with Crippen molar-refractivity contribution in [2.75, 3.05) is 4.90 Å². The Morgan fingerprint density at radius 1 is 0.964 bits per heavy atom. The molecule has 0 radical (unpaired) electrons. The third-order valence-corrected chi connectivity index (χ3v) is 4.85. The highest BCUT2D eigenvalue weighted by atomic mass is 35.5. The van der Waals surface area contributed by atoms with Crippen LogP contribution in [0.1, 0.15) is 17.2 Å². The number of aliphatic hydroxyl groups excluding tert-OH is 1. The van der Waals surface area contributed by atoms with Crippen molar-refractivity contribution < 1.29 is 14.7 Å². The van der Waals surface area contributed by atoms with Gasteiger partial charge in [-0.3, -0.25) is 19.5 Å². The van der Waals surface area contributed by atoms with Crippen molar-refractivity contribution in [1.29, 1.82) is 0 Å². The van der Waals surface area contributed by atoms with Gasteiger partial charge in [-0.15, -0.1) is 0 Å². The predicted molar refractivity (Wildman–Crippen MR) is 107 cm³/mol. The predicted octanol–water partition coefficient (Wildman–Crippen LogP) is 4.36. The smallest absolute Gasteiger partial charge is 0.300 e. The van der Waals surface area contributed by atoms with Gasteiger partial charge in [0.15, 0.2) is 0 Å². The number of aromatic nitrogens is 1. The molecule has 1 amide bonds. The van der Waals surface area contributed by atoms with E-state index in [1.165, 1.54) is 11.1 Å². The van der Waals surface area contributed by atoms with Crippen LogP contribution in [0.3, 0.4) is 0 Å². The van der Waals surface area contributed by atoms with Crippen LogP contribution < -0.4 is 4.90 Å². The van der Waals surface area contributed by atoms with E-state index < -0.39 is 17.7 Å². The fourth-order valence-electron chi connectivity index (χ4n) is 3.31. The van der Waals surface area contributed by atoms with Gasteiger partial charge in [-0.2, -0.15) is 0 Å². The molecule has 138 valence electrons. The summed E-state index contributed by atoms with van der Waals surface area (Å²) in [7, 11) is 0. The highest BCUT2D eigenvalue weighted by Crippen LogP contribution is 2.42. The Labute approximate surface area is 166 Å². The lowest BCUT2D eigenvalue weighted by molar-refractivity contribution is -0.132. The summed E-state index contributed by atoms with van der Waals surface area (Å²) in [6.07, 6.45) is 3.10. The number of carbonyl (C=O) groups excluding carboxylic acids is 2. The molecule has 1 atom stereocenters. The number of hydrogen-bond donors (Lipinski definition) is 1. The zero-order valence-electron chi connectivity index (χ0n) is 14.6. The van der Waals surface area contributed by atoms with Crippen molar-refractivity contribution in [1.82, 2.24) is 4.98 Å². The lowest BCUT2D eigenvalue weighted by Gasteiger charge is -2.25. The quantitative estimate of drug-likeness (QED) is 0.410. The van der Waals surface area contributed by atoms with Gasteiger partial charge < -0.3 is 5.11 Å². The third-order valence-electron chi connectivity index (χ3n) is 4.60. The summed E-state index contributed by atoms with van der Waals surface area (Å²) >= 11 is 6.01. The first-order chi connectivity index (χ1) is 13.6. The van der Waals surface area contributed by atoms with Crippen LogP contribution in [0.25, 0.3) is 5.76 Å². The van der Waals surface area contributed by atoms with Gasteiger partial charge in [-0.05, 0) is 29.8 Å². The van der Waals surface area contributed by atoms with E-state index in [1.807, 2.05) is 6.07 Å². The Bertz CT molecular complexity index is 1060. The summed E-state index contributed by atoms with van der Waals surface area (Å²) in [5.74, 6) is -1.68. The van der Waals surface area contributed by atoms with Gasteiger partial charge in [0.1, 0.15) is 5.76 Å². The summed E-state index contributed by atoms with van der Waals surface area (Å²) in [6.45, 7) is 0. The van der Waals surface area contributed by atoms with E-state index in [-0.39, 0.29) is 11.3 Å². The molecule has 1 aromatic heterocycles. The first kappa shape index (κ1) is 17.9. The average molecular weight is 391 g/mol. The number of amides is 1. The van der Waals surface area contributed by atoms with Crippen LogP contribution in [0.5, 0.6) is 0 Å². The maximum absolute atomic E-state index is 12.9. The summed E-state index contributed by atoms with van der Waals surface area (Å²) in [5.41, 5.74) is 1.62. The summed E-state index contributed by atoms with van der Waals surface area (Å²) in [4.78, 5) is 31.2. The van der Waals surface area contributed by atoms with Gasteiger partial charge in [0.2, 0.25) is 0 Å². The molecule has 2 aromatic carbocycles. The summed E-state index contributed by atoms with van der Waals surface area (Å²) in [5, 5.41) is 11.4. The van der Waals surface area contributed by atoms with Gasteiger partial charge in [-0.25, -0.2) is 0 Å². The number of ketones is 1. The van der Waals surface area contributed by atoms with Gasteiger partial charge in [-0.1, -0.05) is 54.1 Å². The fourth-order valence-corrected chi connectivity index (χ4v) is 3.43. The van der Waals surface area contributed by atoms with Crippen LogP contribution in [0.2, 0.25) is 5.02 Å². The number of hydrogen-bond acceptors (Lipinski definition) is 4. The van der Waals surface area contributed by atoms with E-state index >= 15 is 0 Å². The molecule has 5 nitrogen and oxygen atoms in total. The Hall–Kier alpha value is -3.44. The van der Waals surface area contributed by atoms with E-state index in [0.717, 1.165) is 0 Å². The Morgan fingerprint density at radius 2 is 1.68 bits per heavy atom. The molecule has 28 heavy (non-hydrogen) atoms. The van der Waals surface area contributed by atoms with Crippen molar-refractivity contribution in [3.8, 4) is 0 Å². The Morgan fingerprint density at radius 3 is 2.32 bits per heavy atom. The number of aliphatic hydroxyl groups is 1. The van der Waals surface area contributed by atoms with E-state index in [2.05, 4.69) is 4.98 Å². The molecule has 0 bridgehead atoms. The molecule has 1 aliphatic heterocycles. The number of nitrogens with zero attached hydrogens (tertiary/aromatic N) is 2. The maximum atomic E-state index is 12.9. The molecule has 1 N–H and O–H groups in total.